The SMILES string of the molecule is CCOc1ccc(-c2nc(NC(=O)Cc3csc(COc4cc(C)ccc4C)n3)sc2C)cc1. The summed E-state index contributed by atoms with van der Waals surface area (Å²) < 4.78 is 11.4. The van der Waals surface area contributed by atoms with Crippen LogP contribution in [0.3, 0.4) is 0 Å². The first-order chi connectivity index (χ1) is 16.4. The number of carbonyl (C=O) groups is 1. The van der Waals surface area contributed by atoms with Crippen molar-refractivity contribution in [1.29, 1.82) is 0 Å². The van der Waals surface area contributed by atoms with Gasteiger partial charge < -0.3 is 14.8 Å². The largest absolute Gasteiger partial charge is 0.494 e. The Hall–Kier alpha value is -3.23. The molecule has 6 nitrogen and oxygen atoms in total. The summed E-state index contributed by atoms with van der Waals surface area (Å²) in [5.74, 6) is 1.55. The highest BCUT2D eigenvalue weighted by molar-refractivity contribution is 7.16. The van der Waals surface area contributed by atoms with Crippen LogP contribution in [-0.4, -0.2) is 22.5 Å². The topological polar surface area (TPSA) is 73.3 Å². The lowest BCUT2D eigenvalue weighted by molar-refractivity contribution is -0.115. The molecule has 0 spiro atoms. The van der Waals surface area contributed by atoms with Crippen LogP contribution in [-0.2, 0) is 17.8 Å². The summed E-state index contributed by atoms with van der Waals surface area (Å²) in [4.78, 5) is 22.8. The molecule has 0 atom stereocenters. The Morgan fingerprint density at radius 3 is 2.59 bits per heavy atom. The Balaban J connectivity index is 1.34. The summed E-state index contributed by atoms with van der Waals surface area (Å²) in [5.41, 5.74) is 4.82. The van der Waals surface area contributed by atoms with Crippen LogP contribution < -0.4 is 14.8 Å². The van der Waals surface area contributed by atoms with Gasteiger partial charge in [-0.2, -0.15) is 0 Å². The number of ether oxygens (including phenoxy) is 2. The lowest BCUT2D eigenvalue weighted by atomic mass is 10.1. The number of carbonyl (C=O) groups excluding carboxylic acids is 1. The van der Waals surface area contributed by atoms with E-state index in [2.05, 4.69) is 21.4 Å². The Morgan fingerprint density at radius 2 is 1.82 bits per heavy atom. The van der Waals surface area contributed by atoms with Crippen molar-refractivity contribution in [3.8, 4) is 22.8 Å². The number of nitrogens with one attached hydrogen (secondary N) is 1. The minimum Gasteiger partial charge on any atom is -0.494 e. The molecule has 0 aliphatic carbocycles. The minimum atomic E-state index is -0.140. The molecule has 0 saturated carbocycles. The van der Waals surface area contributed by atoms with Gasteiger partial charge in [-0.15, -0.1) is 22.7 Å². The van der Waals surface area contributed by atoms with Crippen molar-refractivity contribution < 1.29 is 14.3 Å². The molecule has 0 saturated heterocycles. The van der Waals surface area contributed by atoms with E-state index >= 15 is 0 Å². The van der Waals surface area contributed by atoms with Crippen molar-refractivity contribution in [2.24, 2.45) is 0 Å². The molecule has 4 rings (SSSR count). The molecule has 0 bridgehead atoms. The average Bonchev–Trinajstić information content (AvgIpc) is 3.41. The molecule has 2 heterocycles. The fourth-order valence-corrected chi connectivity index (χ4v) is 4.98. The maximum absolute atomic E-state index is 12.6. The van der Waals surface area contributed by atoms with Crippen LogP contribution in [0.25, 0.3) is 11.3 Å². The number of thiazole rings is 2. The molecular weight excluding hydrogens is 466 g/mol. The van der Waals surface area contributed by atoms with Crippen LogP contribution in [0.2, 0.25) is 0 Å². The molecule has 176 valence electrons. The monoisotopic (exact) mass is 493 g/mol. The summed E-state index contributed by atoms with van der Waals surface area (Å²) in [5, 5.41) is 6.24. The number of hydrogen-bond acceptors (Lipinski definition) is 7. The zero-order chi connectivity index (χ0) is 24.1. The third-order valence-electron chi connectivity index (χ3n) is 5.12. The lowest BCUT2D eigenvalue weighted by Gasteiger charge is -2.08. The quantitative estimate of drug-likeness (QED) is 0.294. The van der Waals surface area contributed by atoms with Crippen LogP contribution >= 0.6 is 22.7 Å². The highest BCUT2D eigenvalue weighted by Gasteiger charge is 2.14. The van der Waals surface area contributed by atoms with Gasteiger partial charge in [0.1, 0.15) is 23.1 Å². The first-order valence-corrected chi connectivity index (χ1v) is 12.7. The fourth-order valence-electron chi connectivity index (χ4n) is 3.42. The predicted octanol–water partition coefficient (Wildman–Crippen LogP) is 6.35. The molecule has 2 aromatic carbocycles. The van der Waals surface area contributed by atoms with E-state index in [4.69, 9.17) is 9.47 Å². The summed E-state index contributed by atoms with van der Waals surface area (Å²) >= 11 is 2.96. The van der Waals surface area contributed by atoms with E-state index in [9.17, 15) is 4.79 Å². The number of rotatable bonds is 9. The molecule has 1 N–H and O–H groups in total. The van der Waals surface area contributed by atoms with Crippen molar-refractivity contribution in [3.63, 3.8) is 0 Å². The molecule has 2 aromatic heterocycles. The van der Waals surface area contributed by atoms with E-state index in [1.165, 1.54) is 22.7 Å². The zero-order valence-electron chi connectivity index (χ0n) is 19.7. The Labute approximate surface area is 207 Å². The van der Waals surface area contributed by atoms with Gasteiger partial charge in [0.05, 0.1) is 24.4 Å². The van der Waals surface area contributed by atoms with Crippen LogP contribution in [0.1, 0.15) is 33.6 Å². The summed E-state index contributed by atoms with van der Waals surface area (Å²) in [6.07, 6.45) is 0.191. The number of benzene rings is 2. The van der Waals surface area contributed by atoms with Gasteiger partial charge in [0.15, 0.2) is 5.13 Å². The van der Waals surface area contributed by atoms with Crippen molar-refractivity contribution >= 4 is 33.7 Å². The smallest absolute Gasteiger partial charge is 0.232 e. The number of aromatic nitrogens is 2. The minimum absolute atomic E-state index is 0.140. The highest BCUT2D eigenvalue weighted by atomic mass is 32.1. The van der Waals surface area contributed by atoms with Gasteiger partial charge in [0, 0.05) is 15.8 Å². The molecule has 0 fully saturated rings. The average molecular weight is 494 g/mol. The van der Waals surface area contributed by atoms with Crippen LogP contribution in [0.5, 0.6) is 11.5 Å². The van der Waals surface area contributed by atoms with E-state index in [0.29, 0.717) is 18.3 Å². The third-order valence-corrected chi connectivity index (χ3v) is 6.87. The van der Waals surface area contributed by atoms with E-state index in [0.717, 1.165) is 49.5 Å². The molecule has 0 aliphatic rings. The predicted molar refractivity (Wildman–Crippen MR) is 138 cm³/mol. The van der Waals surface area contributed by atoms with E-state index in [1.54, 1.807) is 0 Å². The van der Waals surface area contributed by atoms with Gasteiger partial charge in [0.25, 0.3) is 0 Å². The first kappa shape index (κ1) is 23.9. The Kier molecular flexibility index (Phi) is 7.59. The normalized spacial score (nSPS) is 10.8. The molecule has 0 radical (unpaired) electrons. The van der Waals surface area contributed by atoms with Gasteiger partial charge in [-0.25, -0.2) is 9.97 Å². The second-order valence-electron chi connectivity index (χ2n) is 7.90. The van der Waals surface area contributed by atoms with Crippen LogP contribution in [0, 0.1) is 20.8 Å². The fraction of sp³-hybridized carbons (Fsp3) is 0.269. The number of aryl methyl sites for hydroxylation is 3. The maximum atomic E-state index is 12.6. The lowest BCUT2D eigenvalue weighted by Crippen LogP contribution is -2.14. The highest BCUT2D eigenvalue weighted by Crippen LogP contribution is 2.31. The second kappa shape index (κ2) is 10.8. The number of anilines is 1. The van der Waals surface area contributed by atoms with Crippen molar-refractivity contribution in [2.45, 2.75) is 40.7 Å². The summed E-state index contributed by atoms with van der Waals surface area (Å²) in [6, 6.07) is 14.0. The van der Waals surface area contributed by atoms with Gasteiger partial charge in [-0.05, 0) is 69.2 Å². The standard InChI is InChI=1S/C26H27N3O3S2/c1-5-31-21-10-8-19(9-11-21)25-18(4)34-26(29-25)28-23(30)13-20-15-33-24(27-20)14-32-22-12-16(2)6-7-17(22)3/h6-12,15H,5,13-14H2,1-4H3,(H,28,29,30). The number of hydrogen-bond donors (Lipinski definition) is 1. The van der Waals surface area contributed by atoms with Gasteiger partial charge in [-0.1, -0.05) is 12.1 Å². The summed E-state index contributed by atoms with van der Waals surface area (Å²) in [6.45, 7) is 9.03. The number of nitrogens with zero attached hydrogens (tertiary/aromatic N) is 2. The molecule has 34 heavy (non-hydrogen) atoms. The number of amides is 1. The Bertz CT molecular complexity index is 1280. The van der Waals surface area contributed by atoms with Gasteiger partial charge >= 0.3 is 0 Å². The molecular formula is C26H27N3O3S2. The maximum Gasteiger partial charge on any atom is 0.232 e. The Morgan fingerprint density at radius 1 is 1.03 bits per heavy atom. The molecule has 1 amide bonds. The van der Waals surface area contributed by atoms with Gasteiger partial charge in [0.2, 0.25) is 5.91 Å². The van der Waals surface area contributed by atoms with Gasteiger partial charge in [-0.3, -0.25) is 4.79 Å². The zero-order valence-corrected chi connectivity index (χ0v) is 21.3. The van der Waals surface area contributed by atoms with Crippen molar-refractivity contribution in [1.82, 2.24) is 9.97 Å². The van der Waals surface area contributed by atoms with E-state index in [1.807, 2.05) is 69.5 Å². The van der Waals surface area contributed by atoms with E-state index < -0.39 is 0 Å². The first-order valence-electron chi connectivity index (χ1n) is 11.0. The molecule has 8 heteroatoms. The van der Waals surface area contributed by atoms with Crippen molar-refractivity contribution in [3.05, 3.63) is 74.6 Å². The van der Waals surface area contributed by atoms with E-state index in [-0.39, 0.29) is 12.3 Å². The summed E-state index contributed by atoms with van der Waals surface area (Å²) in [7, 11) is 0. The molecule has 0 aliphatic heterocycles. The molecule has 4 aromatic rings. The second-order valence-corrected chi connectivity index (χ2v) is 10.0. The third kappa shape index (κ3) is 6.01. The van der Waals surface area contributed by atoms with Crippen LogP contribution in [0.4, 0.5) is 5.13 Å². The molecule has 0 unspecified atom stereocenters. The van der Waals surface area contributed by atoms with Crippen molar-refractivity contribution in [2.75, 3.05) is 11.9 Å². The van der Waals surface area contributed by atoms with Crippen LogP contribution in [0.15, 0.2) is 47.8 Å².